The summed E-state index contributed by atoms with van der Waals surface area (Å²) >= 11 is 0. The van der Waals surface area contributed by atoms with Crippen molar-refractivity contribution < 1.29 is 9.23 Å². The zero-order valence-electron chi connectivity index (χ0n) is 14.4. The van der Waals surface area contributed by atoms with Crippen molar-refractivity contribution in [1.29, 1.82) is 0 Å². The van der Waals surface area contributed by atoms with E-state index in [1.807, 2.05) is 42.0 Å². The number of nitrogens with zero attached hydrogens (tertiary/aromatic N) is 3. The average molecular weight is 347 g/mol. The summed E-state index contributed by atoms with van der Waals surface area (Å²) in [5, 5.41) is 4.22. The summed E-state index contributed by atoms with van der Waals surface area (Å²) in [6, 6.07) is 13.9. The van der Waals surface area contributed by atoms with Crippen molar-refractivity contribution in [3.05, 3.63) is 89.8 Å². The Bertz CT molecular complexity index is 918. The summed E-state index contributed by atoms with van der Waals surface area (Å²) in [6.45, 7) is 2.97. The minimum absolute atomic E-state index is 0.265. The highest BCUT2D eigenvalue weighted by Crippen LogP contribution is 2.08. The van der Waals surface area contributed by atoms with Gasteiger partial charge >= 0.3 is 0 Å². The normalized spacial score (nSPS) is 10.9. The highest BCUT2D eigenvalue weighted by Gasteiger charge is 2.06. The second-order valence-corrected chi connectivity index (χ2v) is 5.53. The van der Waals surface area contributed by atoms with Crippen molar-refractivity contribution in [3.8, 4) is 11.8 Å². The Hall–Kier alpha value is -3.39. The number of hydrogen-bond donors (Lipinski definition) is 0. The molecule has 0 fully saturated rings. The molecule has 3 rings (SSSR count). The van der Waals surface area contributed by atoms with Crippen LogP contribution in [0.4, 0.5) is 4.39 Å². The molecule has 0 atom stereocenters. The van der Waals surface area contributed by atoms with Gasteiger partial charge in [0.1, 0.15) is 18.1 Å². The van der Waals surface area contributed by atoms with E-state index in [9.17, 15) is 4.39 Å². The molecule has 0 radical (unpaired) electrons. The second kappa shape index (κ2) is 8.63. The smallest absolute Gasteiger partial charge is 0.123 e. The Balaban J connectivity index is 1.77. The zero-order chi connectivity index (χ0) is 18.2. The third-order valence-corrected chi connectivity index (χ3v) is 3.61. The number of halogens is 1. The van der Waals surface area contributed by atoms with Gasteiger partial charge in [0.15, 0.2) is 0 Å². The first kappa shape index (κ1) is 17.4. The van der Waals surface area contributed by atoms with E-state index in [0.717, 1.165) is 22.4 Å². The van der Waals surface area contributed by atoms with E-state index in [-0.39, 0.29) is 5.82 Å². The van der Waals surface area contributed by atoms with Crippen LogP contribution in [0.25, 0.3) is 0 Å². The quantitative estimate of drug-likeness (QED) is 0.399. The number of benzene rings is 2. The van der Waals surface area contributed by atoms with Crippen LogP contribution in [-0.4, -0.2) is 21.9 Å². The predicted octanol–water partition coefficient (Wildman–Crippen LogP) is 3.86. The molecule has 0 aliphatic heterocycles. The van der Waals surface area contributed by atoms with Gasteiger partial charge in [-0.3, -0.25) is 0 Å². The first-order valence-electron chi connectivity index (χ1n) is 8.27. The van der Waals surface area contributed by atoms with Gasteiger partial charge in [0.25, 0.3) is 0 Å². The topological polar surface area (TPSA) is 39.4 Å². The van der Waals surface area contributed by atoms with Gasteiger partial charge in [-0.05, 0) is 43.3 Å². The van der Waals surface area contributed by atoms with E-state index in [0.29, 0.717) is 13.2 Å². The Morgan fingerprint density at radius 2 is 1.73 bits per heavy atom. The molecule has 0 bridgehead atoms. The molecule has 0 aliphatic rings. The molecular formula is C21H18FN3O. The Morgan fingerprint density at radius 1 is 1.08 bits per heavy atom. The molecule has 1 aromatic heterocycles. The van der Waals surface area contributed by atoms with Gasteiger partial charge in [0.05, 0.1) is 12.9 Å². The van der Waals surface area contributed by atoms with E-state index in [1.54, 1.807) is 24.7 Å². The molecule has 1 heterocycles. The van der Waals surface area contributed by atoms with E-state index in [1.165, 1.54) is 12.1 Å². The van der Waals surface area contributed by atoms with Crippen molar-refractivity contribution in [2.75, 3.05) is 6.61 Å². The lowest BCUT2D eigenvalue weighted by Crippen LogP contribution is -2.11. The summed E-state index contributed by atoms with van der Waals surface area (Å²) in [7, 11) is 0. The fraction of sp³-hybridized carbons (Fsp3) is 0.143. The predicted molar refractivity (Wildman–Crippen MR) is 99.2 cm³/mol. The Labute approximate surface area is 152 Å². The number of hydrogen-bond acceptors (Lipinski definition) is 3. The van der Waals surface area contributed by atoms with Gasteiger partial charge in [-0.1, -0.05) is 29.1 Å². The standard InChI is InChI=1S/C21H18FN3O/c1-2-26-24-21(15-25-14-13-23-16-25)19-9-5-17(6-10-19)3-4-18-7-11-20(22)12-8-18/h5-14,16H,2,15H2,1H3. The fourth-order valence-corrected chi connectivity index (χ4v) is 2.29. The molecule has 3 aromatic rings. The third kappa shape index (κ3) is 4.81. The van der Waals surface area contributed by atoms with Crippen LogP contribution in [0.5, 0.6) is 0 Å². The highest BCUT2D eigenvalue weighted by molar-refractivity contribution is 6.00. The monoisotopic (exact) mass is 347 g/mol. The van der Waals surface area contributed by atoms with E-state index in [2.05, 4.69) is 22.0 Å². The molecule has 0 unspecified atom stereocenters. The number of rotatable bonds is 5. The summed E-state index contributed by atoms with van der Waals surface area (Å²) < 4.78 is 14.8. The summed E-state index contributed by atoms with van der Waals surface area (Å²) in [4.78, 5) is 9.29. The molecule has 0 N–H and O–H groups in total. The van der Waals surface area contributed by atoms with Crippen molar-refractivity contribution in [1.82, 2.24) is 9.55 Å². The van der Waals surface area contributed by atoms with Crippen LogP contribution in [0.2, 0.25) is 0 Å². The fourth-order valence-electron chi connectivity index (χ4n) is 2.29. The van der Waals surface area contributed by atoms with Crippen LogP contribution in [0.15, 0.2) is 72.4 Å². The maximum Gasteiger partial charge on any atom is 0.123 e. The van der Waals surface area contributed by atoms with Gasteiger partial charge in [0.2, 0.25) is 0 Å². The molecule has 0 aliphatic carbocycles. The first-order chi connectivity index (χ1) is 12.7. The van der Waals surface area contributed by atoms with Crippen molar-refractivity contribution in [3.63, 3.8) is 0 Å². The number of aromatic nitrogens is 2. The molecule has 130 valence electrons. The van der Waals surface area contributed by atoms with Gasteiger partial charge in [-0.15, -0.1) is 0 Å². The van der Waals surface area contributed by atoms with Crippen LogP contribution in [-0.2, 0) is 11.4 Å². The average Bonchev–Trinajstić information content (AvgIpc) is 3.18. The minimum atomic E-state index is -0.265. The number of oxime groups is 1. The van der Waals surface area contributed by atoms with Gasteiger partial charge in [-0.25, -0.2) is 9.37 Å². The Morgan fingerprint density at radius 3 is 2.31 bits per heavy atom. The molecule has 0 saturated carbocycles. The molecule has 4 nitrogen and oxygen atoms in total. The van der Waals surface area contributed by atoms with Gasteiger partial charge in [-0.2, -0.15) is 0 Å². The highest BCUT2D eigenvalue weighted by atomic mass is 19.1. The van der Waals surface area contributed by atoms with Crippen molar-refractivity contribution in [2.45, 2.75) is 13.5 Å². The lowest BCUT2D eigenvalue weighted by Gasteiger charge is -2.07. The molecule has 0 amide bonds. The summed E-state index contributed by atoms with van der Waals surface area (Å²) in [5.74, 6) is 5.84. The largest absolute Gasteiger partial charge is 0.396 e. The molecule has 2 aromatic carbocycles. The maximum absolute atomic E-state index is 12.9. The summed E-state index contributed by atoms with van der Waals surface area (Å²) in [6.07, 6.45) is 5.35. The van der Waals surface area contributed by atoms with E-state index >= 15 is 0 Å². The molecule has 26 heavy (non-hydrogen) atoms. The third-order valence-electron chi connectivity index (χ3n) is 3.61. The SMILES string of the molecule is CCON=C(Cn1ccnc1)c1ccc(C#Cc2ccc(F)cc2)cc1. The molecule has 5 heteroatoms. The second-order valence-electron chi connectivity index (χ2n) is 5.53. The molecule has 0 spiro atoms. The van der Waals surface area contributed by atoms with E-state index in [4.69, 9.17) is 4.84 Å². The van der Waals surface area contributed by atoms with Crippen LogP contribution in [0.3, 0.4) is 0 Å². The number of imidazole rings is 1. The van der Waals surface area contributed by atoms with Crippen LogP contribution in [0, 0.1) is 17.7 Å². The zero-order valence-corrected chi connectivity index (χ0v) is 14.4. The van der Waals surface area contributed by atoms with Crippen LogP contribution < -0.4 is 0 Å². The first-order valence-corrected chi connectivity index (χ1v) is 8.27. The van der Waals surface area contributed by atoms with E-state index < -0.39 is 0 Å². The lowest BCUT2D eigenvalue weighted by atomic mass is 10.1. The maximum atomic E-state index is 12.9. The Kier molecular flexibility index (Phi) is 5.79. The van der Waals surface area contributed by atoms with Crippen LogP contribution >= 0.6 is 0 Å². The minimum Gasteiger partial charge on any atom is -0.396 e. The van der Waals surface area contributed by atoms with Gasteiger partial charge in [0, 0.05) is 29.1 Å². The van der Waals surface area contributed by atoms with Gasteiger partial charge < -0.3 is 9.40 Å². The van der Waals surface area contributed by atoms with Crippen LogP contribution in [0.1, 0.15) is 23.6 Å². The molecule has 0 saturated heterocycles. The van der Waals surface area contributed by atoms with Crippen molar-refractivity contribution >= 4 is 5.71 Å². The molecular weight excluding hydrogens is 329 g/mol. The van der Waals surface area contributed by atoms with Crippen molar-refractivity contribution in [2.24, 2.45) is 5.16 Å². The lowest BCUT2D eigenvalue weighted by molar-refractivity contribution is 0.158. The summed E-state index contributed by atoms with van der Waals surface area (Å²) in [5.41, 5.74) is 3.41.